The van der Waals surface area contributed by atoms with Crippen molar-refractivity contribution in [1.29, 1.82) is 0 Å². The molecule has 2 amide bonds. The molecule has 0 atom stereocenters. The summed E-state index contributed by atoms with van der Waals surface area (Å²) in [4.78, 5) is 23.8. The molecule has 39 heavy (non-hydrogen) atoms. The number of nitrogens with zero attached hydrogens (tertiary/aromatic N) is 2. The lowest BCUT2D eigenvalue weighted by Crippen LogP contribution is -2.13. The van der Waals surface area contributed by atoms with Gasteiger partial charge in [-0.05, 0) is 38.1 Å². The Labute approximate surface area is 250 Å². The molecule has 0 radical (unpaired) electrons. The summed E-state index contributed by atoms with van der Waals surface area (Å²) in [6.07, 6.45) is 2.67. The highest BCUT2D eigenvalue weighted by molar-refractivity contribution is 9.69. The van der Waals surface area contributed by atoms with Crippen LogP contribution in [0.1, 0.15) is 43.4 Å². The smallest absolute Gasteiger partial charge is 0.369 e. The van der Waals surface area contributed by atoms with E-state index in [4.69, 9.17) is 18.9 Å². The second kappa shape index (κ2) is 17.0. The van der Waals surface area contributed by atoms with Crippen LogP contribution in [0.25, 0.3) is 0 Å². The molecule has 0 spiro atoms. The van der Waals surface area contributed by atoms with Gasteiger partial charge >= 0.3 is 3.18 Å². The molecule has 0 unspecified atom stereocenters. The summed E-state index contributed by atoms with van der Waals surface area (Å²) in [5.74, 6) is -0.0250. The Morgan fingerprint density at radius 3 is 1.59 bits per heavy atom. The average Bonchev–Trinajstić information content (AvgIpc) is 3.57. The molecule has 0 saturated heterocycles. The molecule has 206 valence electrons. The minimum Gasteiger partial charge on any atom is -0.388 e. The van der Waals surface area contributed by atoms with Crippen molar-refractivity contribution >= 4 is 73.6 Å². The van der Waals surface area contributed by atoms with Crippen molar-refractivity contribution in [2.24, 2.45) is 0 Å². The van der Waals surface area contributed by atoms with Crippen LogP contribution in [0.5, 0.6) is 0 Å². The van der Waals surface area contributed by atoms with Gasteiger partial charge in [0.25, 0.3) is 11.8 Å². The number of hydrogen-bond acceptors (Lipinski definition) is 8. The Morgan fingerprint density at radius 2 is 1.21 bits per heavy atom. The van der Waals surface area contributed by atoms with Gasteiger partial charge in [0, 0.05) is 18.5 Å². The van der Waals surface area contributed by atoms with E-state index in [2.05, 4.69) is 68.2 Å². The summed E-state index contributed by atoms with van der Waals surface area (Å²) < 4.78 is 14.9. The van der Waals surface area contributed by atoms with Gasteiger partial charge in [-0.3, -0.25) is 9.59 Å². The van der Waals surface area contributed by atoms with Gasteiger partial charge in [-0.25, -0.2) is 0 Å². The lowest BCUT2D eigenvalue weighted by Gasteiger charge is -2.04. The Balaban J connectivity index is 0.000000241. The van der Waals surface area contributed by atoms with Gasteiger partial charge < -0.3 is 29.5 Å². The molecule has 14 heteroatoms. The van der Waals surface area contributed by atoms with Crippen LogP contribution in [0.15, 0.2) is 70.0 Å². The maximum Gasteiger partial charge on any atom is 0.369 e. The summed E-state index contributed by atoms with van der Waals surface area (Å²) in [7, 11) is 1.53. The molecular formula is C25H26BBr3N4O6. The number of halogens is 3. The second-order valence-corrected chi connectivity index (χ2v) is 14.2. The topological polar surface area (TPSA) is 140 Å². The zero-order valence-corrected chi connectivity index (χ0v) is 26.0. The van der Waals surface area contributed by atoms with Gasteiger partial charge in [0.1, 0.15) is 24.3 Å². The fourth-order valence-corrected chi connectivity index (χ4v) is 2.92. The molecule has 0 saturated carbocycles. The third-order valence-electron chi connectivity index (χ3n) is 4.82. The highest BCUT2D eigenvalue weighted by Gasteiger charge is 2.16. The van der Waals surface area contributed by atoms with Crippen LogP contribution in [0.2, 0.25) is 0 Å². The van der Waals surface area contributed by atoms with Gasteiger partial charge in [0.15, 0.2) is 11.5 Å². The van der Waals surface area contributed by atoms with E-state index in [1.54, 1.807) is 12.1 Å². The number of aliphatic hydroxyl groups excluding tert-OH is 1. The van der Waals surface area contributed by atoms with Crippen LogP contribution in [-0.4, -0.2) is 37.5 Å². The van der Waals surface area contributed by atoms with E-state index < -0.39 is 0 Å². The predicted octanol–water partition coefficient (Wildman–Crippen LogP) is 6.27. The Morgan fingerprint density at radius 1 is 0.821 bits per heavy atom. The molecular weight excluding hydrogens is 703 g/mol. The molecule has 3 N–H and O–H groups in total. The van der Waals surface area contributed by atoms with E-state index in [1.807, 2.05) is 50.2 Å². The number of methoxy groups -OCH3 is 1. The normalized spacial score (nSPS) is 9.92. The number of aromatic nitrogens is 2. The standard InChI is InChI=1S/C13H14N2O3.C12H12N2O3.BBr3/c1-9-3-5-10(6-4-9)15-13(16)11-7-14-18-12(11)8-17-2;1-8-2-4-9(5-3-8)14-12(16)10-6-13-17-11(10)7-15;2-1(3)4/h3-7H,8H2,1-2H3,(H,15,16);2-6,15H,7H2,1H3,(H,14,16);. The van der Waals surface area contributed by atoms with Gasteiger partial charge in [-0.15, -0.1) is 47.3 Å². The highest BCUT2D eigenvalue weighted by Crippen LogP contribution is 2.15. The summed E-state index contributed by atoms with van der Waals surface area (Å²) in [6.45, 7) is 3.82. The quantitative estimate of drug-likeness (QED) is 0.190. The average molecular weight is 729 g/mol. The lowest BCUT2D eigenvalue weighted by atomic mass is 10.2. The fraction of sp³-hybridized carbons (Fsp3) is 0.200. The van der Waals surface area contributed by atoms with E-state index >= 15 is 0 Å². The van der Waals surface area contributed by atoms with Crippen molar-refractivity contribution in [3.63, 3.8) is 0 Å². The number of carbonyl (C=O) groups is 2. The van der Waals surface area contributed by atoms with Crippen molar-refractivity contribution < 1.29 is 28.5 Å². The number of aryl methyl sites for hydroxylation is 2. The van der Waals surface area contributed by atoms with E-state index in [1.165, 1.54) is 19.5 Å². The van der Waals surface area contributed by atoms with Gasteiger partial charge in [0.2, 0.25) is 0 Å². The molecule has 0 aliphatic carbocycles. The molecule has 2 aromatic heterocycles. The fourth-order valence-electron chi connectivity index (χ4n) is 2.92. The van der Waals surface area contributed by atoms with Gasteiger partial charge in [-0.2, -0.15) is 0 Å². The van der Waals surface area contributed by atoms with Crippen molar-refractivity contribution in [3.8, 4) is 0 Å². The second-order valence-electron chi connectivity index (χ2n) is 7.80. The SMILES string of the molecule is BrB(Br)Br.COCc1oncc1C(=O)Nc1ccc(C)cc1.Cc1ccc(NC(=O)c2cnoc2CO)cc1. The van der Waals surface area contributed by atoms with Gasteiger partial charge in [-0.1, -0.05) is 45.7 Å². The first kappa shape index (κ1) is 32.4. The van der Waals surface area contributed by atoms with Crippen LogP contribution < -0.4 is 10.6 Å². The largest absolute Gasteiger partial charge is 0.388 e. The Kier molecular flexibility index (Phi) is 14.2. The van der Waals surface area contributed by atoms with Crippen LogP contribution >= 0.6 is 47.3 Å². The highest BCUT2D eigenvalue weighted by atomic mass is 79.9. The van der Waals surface area contributed by atoms with Crippen molar-refractivity contribution in [2.75, 3.05) is 17.7 Å². The van der Waals surface area contributed by atoms with Crippen LogP contribution in [0.3, 0.4) is 0 Å². The van der Waals surface area contributed by atoms with E-state index in [0.717, 1.165) is 16.8 Å². The molecule has 4 aromatic rings. The Bertz CT molecular complexity index is 1310. The minimum atomic E-state index is -0.351. The van der Waals surface area contributed by atoms with E-state index in [9.17, 15) is 9.59 Å². The first-order valence-corrected chi connectivity index (χ1v) is 14.0. The number of anilines is 2. The van der Waals surface area contributed by atoms with Crippen molar-refractivity contribution in [1.82, 2.24) is 10.3 Å². The van der Waals surface area contributed by atoms with Crippen LogP contribution in [0, 0.1) is 13.8 Å². The maximum absolute atomic E-state index is 12.0. The third kappa shape index (κ3) is 11.5. The maximum atomic E-state index is 12.0. The van der Waals surface area contributed by atoms with Crippen molar-refractivity contribution in [2.45, 2.75) is 27.1 Å². The summed E-state index contributed by atoms with van der Waals surface area (Å²) in [5.41, 5.74) is 4.30. The molecule has 2 aromatic carbocycles. The number of nitrogens with one attached hydrogen (secondary N) is 2. The van der Waals surface area contributed by atoms with Crippen LogP contribution in [0.4, 0.5) is 11.4 Å². The molecule has 0 bridgehead atoms. The number of aliphatic hydroxyl groups is 1. The molecule has 2 heterocycles. The number of rotatable bonds is 7. The molecule has 0 aliphatic heterocycles. The molecule has 0 aliphatic rings. The number of amides is 2. The summed E-state index contributed by atoms with van der Waals surface area (Å²) in [5, 5.41) is 21.5. The van der Waals surface area contributed by atoms with E-state index in [-0.39, 0.29) is 39.5 Å². The summed E-state index contributed by atoms with van der Waals surface area (Å²) >= 11 is 9.31. The third-order valence-corrected chi connectivity index (χ3v) is 4.82. The van der Waals surface area contributed by atoms with Crippen molar-refractivity contribution in [3.05, 3.63) is 94.7 Å². The zero-order chi connectivity index (χ0) is 28.8. The first-order chi connectivity index (χ1) is 18.6. The predicted molar refractivity (Wildman–Crippen MR) is 160 cm³/mol. The number of hydrogen-bond donors (Lipinski definition) is 3. The molecule has 4 rings (SSSR count). The lowest BCUT2D eigenvalue weighted by molar-refractivity contribution is 0.101. The monoisotopic (exact) mass is 726 g/mol. The van der Waals surface area contributed by atoms with E-state index in [0.29, 0.717) is 17.0 Å². The van der Waals surface area contributed by atoms with Gasteiger partial charge in [0.05, 0.1) is 12.4 Å². The molecule has 0 fully saturated rings. The summed E-state index contributed by atoms with van der Waals surface area (Å²) in [6, 6.07) is 15.0. The number of carbonyl (C=O) groups excluding carboxylic acids is 2. The number of ether oxygens (including phenoxy) is 1. The zero-order valence-electron chi connectivity index (χ0n) is 21.3. The molecule has 10 nitrogen and oxygen atoms in total. The Hall–Kier alpha value is -2.78. The number of benzene rings is 2. The minimum absolute atomic E-state index is 0.162. The first-order valence-electron chi connectivity index (χ1n) is 11.3. The van der Waals surface area contributed by atoms with Crippen LogP contribution in [-0.2, 0) is 18.0 Å².